The van der Waals surface area contributed by atoms with Gasteiger partial charge < -0.3 is 4.74 Å². The summed E-state index contributed by atoms with van der Waals surface area (Å²) in [6.45, 7) is 1.97. The fraction of sp³-hybridized carbons (Fsp3) is 0.154. The number of nitrogens with zero attached hydrogens (tertiary/aromatic N) is 4. The van der Waals surface area contributed by atoms with E-state index in [1.807, 2.05) is 37.3 Å². The van der Waals surface area contributed by atoms with Crippen molar-refractivity contribution >= 4 is 21.7 Å². The number of hydrogen-bond acceptors (Lipinski definition) is 4. The molecule has 2 heterocycles. The van der Waals surface area contributed by atoms with E-state index in [0.717, 1.165) is 15.9 Å². The van der Waals surface area contributed by atoms with Crippen LogP contribution in [0.1, 0.15) is 18.7 Å². The van der Waals surface area contributed by atoms with E-state index in [2.05, 4.69) is 31.0 Å². The molecule has 3 aromatic rings. The van der Waals surface area contributed by atoms with Crippen LogP contribution in [-0.4, -0.2) is 19.6 Å². The number of benzene rings is 1. The molecule has 0 spiro atoms. The highest BCUT2D eigenvalue weighted by Crippen LogP contribution is 2.23. The molecule has 0 aliphatic heterocycles. The predicted molar refractivity (Wildman–Crippen MR) is 74.0 cm³/mol. The van der Waals surface area contributed by atoms with Gasteiger partial charge in [-0.05, 0) is 37.3 Å². The van der Waals surface area contributed by atoms with Gasteiger partial charge in [0.1, 0.15) is 18.2 Å². The standard InChI is InChI=1S/C13H11BrN4O/c1-9(19-11-4-2-10(14)3-5-11)12-6-7-15-13-16-8-17-18(12)13/h2-9H,1H3. The summed E-state index contributed by atoms with van der Waals surface area (Å²) in [6.07, 6.45) is 3.05. The molecule has 0 aliphatic carbocycles. The summed E-state index contributed by atoms with van der Waals surface area (Å²) in [5.74, 6) is 1.38. The normalized spacial score (nSPS) is 12.5. The number of ether oxygens (including phenoxy) is 1. The Morgan fingerprint density at radius 3 is 2.74 bits per heavy atom. The highest BCUT2D eigenvalue weighted by atomic mass is 79.9. The molecule has 1 unspecified atom stereocenters. The Balaban J connectivity index is 1.89. The lowest BCUT2D eigenvalue weighted by Gasteiger charge is -2.15. The second kappa shape index (κ2) is 4.97. The monoisotopic (exact) mass is 318 g/mol. The fourth-order valence-corrected chi connectivity index (χ4v) is 2.11. The first-order chi connectivity index (χ1) is 9.24. The Morgan fingerprint density at radius 2 is 1.95 bits per heavy atom. The molecule has 1 atom stereocenters. The Labute approximate surface area is 118 Å². The molecule has 0 radical (unpaired) electrons. The second-order valence-electron chi connectivity index (χ2n) is 4.06. The zero-order valence-electron chi connectivity index (χ0n) is 10.2. The average Bonchev–Trinajstić information content (AvgIpc) is 2.89. The van der Waals surface area contributed by atoms with Crippen molar-refractivity contribution in [1.82, 2.24) is 19.6 Å². The van der Waals surface area contributed by atoms with Crippen LogP contribution >= 0.6 is 15.9 Å². The maximum absolute atomic E-state index is 5.90. The molecule has 3 rings (SSSR count). The Kier molecular flexibility index (Phi) is 3.16. The van der Waals surface area contributed by atoms with E-state index in [1.54, 1.807) is 10.7 Å². The number of fused-ring (bicyclic) bond motifs is 1. The summed E-state index contributed by atoms with van der Waals surface area (Å²) in [4.78, 5) is 8.19. The van der Waals surface area contributed by atoms with Crippen LogP contribution in [0.4, 0.5) is 0 Å². The van der Waals surface area contributed by atoms with Gasteiger partial charge in [-0.2, -0.15) is 14.6 Å². The number of aromatic nitrogens is 4. The van der Waals surface area contributed by atoms with Crippen LogP contribution in [0.3, 0.4) is 0 Å². The van der Waals surface area contributed by atoms with Gasteiger partial charge in [-0.1, -0.05) is 15.9 Å². The number of rotatable bonds is 3. The Morgan fingerprint density at radius 1 is 1.16 bits per heavy atom. The van der Waals surface area contributed by atoms with Crippen LogP contribution in [0.25, 0.3) is 5.78 Å². The van der Waals surface area contributed by atoms with Gasteiger partial charge in [0, 0.05) is 10.7 Å². The van der Waals surface area contributed by atoms with Crippen molar-refractivity contribution in [3.8, 4) is 5.75 Å². The van der Waals surface area contributed by atoms with Gasteiger partial charge in [0.05, 0.1) is 5.69 Å². The maximum atomic E-state index is 5.90. The molecule has 0 fully saturated rings. The van der Waals surface area contributed by atoms with E-state index in [0.29, 0.717) is 5.78 Å². The molecular formula is C13H11BrN4O. The molecule has 2 aromatic heterocycles. The first kappa shape index (κ1) is 12.1. The third-order valence-corrected chi connectivity index (χ3v) is 3.28. The topological polar surface area (TPSA) is 52.3 Å². The van der Waals surface area contributed by atoms with Crippen molar-refractivity contribution in [2.75, 3.05) is 0 Å². The molecule has 6 heteroatoms. The van der Waals surface area contributed by atoms with Crippen LogP contribution in [0.2, 0.25) is 0 Å². The van der Waals surface area contributed by atoms with Gasteiger partial charge >= 0.3 is 0 Å². The molecule has 0 bridgehead atoms. The van der Waals surface area contributed by atoms with Crippen LogP contribution in [-0.2, 0) is 0 Å². The molecule has 0 aliphatic rings. The second-order valence-corrected chi connectivity index (χ2v) is 4.97. The zero-order valence-corrected chi connectivity index (χ0v) is 11.8. The lowest BCUT2D eigenvalue weighted by atomic mass is 10.2. The molecule has 0 amide bonds. The molecule has 1 aromatic carbocycles. The van der Waals surface area contributed by atoms with Gasteiger partial charge in [0.25, 0.3) is 5.78 Å². The molecular weight excluding hydrogens is 308 g/mol. The summed E-state index contributed by atoms with van der Waals surface area (Å²) in [5, 5.41) is 4.15. The summed E-state index contributed by atoms with van der Waals surface area (Å²) in [6, 6.07) is 9.60. The summed E-state index contributed by atoms with van der Waals surface area (Å²) >= 11 is 3.40. The molecule has 19 heavy (non-hydrogen) atoms. The number of halogens is 1. The third-order valence-electron chi connectivity index (χ3n) is 2.75. The number of hydrogen-bond donors (Lipinski definition) is 0. The Bertz CT molecular complexity index is 695. The summed E-state index contributed by atoms with van der Waals surface area (Å²) < 4.78 is 8.60. The highest BCUT2D eigenvalue weighted by molar-refractivity contribution is 9.10. The zero-order chi connectivity index (χ0) is 13.2. The first-order valence-corrected chi connectivity index (χ1v) is 6.60. The van der Waals surface area contributed by atoms with Gasteiger partial charge in [0.2, 0.25) is 0 Å². The van der Waals surface area contributed by atoms with E-state index in [-0.39, 0.29) is 6.10 Å². The Hall–Kier alpha value is -1.95. The van der Waals surface area contributed by atoms with Gasteiger partial charge in [0.15, 0.2) is 0 Å². The summed E-state index contributed by atoms with van der Waals surface area (Å²) in [5.41, 5.74) is 0.908. The molecule has 5 nitrogen and oxygen atoms in total. The van der Waals surface area contributed by atoms with Crippen molar-refractivity contribution in [3.63, 3.8) is 0 Å². The van der Waals surface area contributed by atoms with E-state index in [1.165, 1.54) is 6.33 Å². The van der Waals surface area contributed by atoms with Gasteiger partial charge in [-0.15, -0.1) is 0 Å². The lowest BCUT2D eigenvalue weighted by Crippen LogP contribution is -2.09. The van der Waals surface area contributed by atoms with Crippen LogP contribution in [0.5, 0.6) is 5.75 Å². The van der Waals surface area contributed by atoms with E-state index in [9.17, 15) is 0 Å². The molecule has 0 N–H and O–H groups in total. The smallest absolute Gasteiger partial charge is 0.252 e. The summed E-state index contributed by atoms with van der Waals surface area (Å²) in [7, 11) is 0. The molecule has 96 valence electrons. The average molecular weight is 319 g/mol. The van der Waals surface area contributed by atoms with Gasteiger partial charge in [-0.25, -0.2) is 4.98 Å². The quantitative estimate of drug-likeness (QED) is 0.745. The van der Waals surface area contributed by atoms with E-state index < -0.39 is 0 Å². The molecule has 0 saturated heterocycles. The van der Waals surface area contributed by atoms with Crippen LogP contribution in [0, 0.1) is 0 Å². The van der Waals surface area contributed by atoms with E-state index in [4.69, 9.17) is 4.74 Å². The van der Waals surface area contributed by atoms with Crippen molar-refractivity contribution in [1.29, 1.82) is 0 Å². The predicted octanol–water partition coefficient (Wildman–Crippen LogP) is 3.03. The van der Waals surface area contributed by atoms with Crippen LogP contribution in [0.15, 0.2) is 47.3 Å². The van der Waals surface area contributed by atoms with Crippen molar-refractivity contribution < 1.29 is 4.74 Å². The van der Waals surface area contributed by atoms with E-state index >= 15 is 0 Å². The first-order valence-electron chi connectivity index (χ1n) is 5.81. The van der Waals surface area contributed by atoms with Crippen molar-refractivity contribution in [2.24, 2.45) is 0 Å². The largest absolute Gasteiger partial charge is 0.484 e. The third kappa shape index (κ3) is 2.44. The fourth-order valence-electron chi connectivity index (χ4n) is 1.84. The molecule has 0 saturated carbocycles. The van der Waals surface area contributed by atoms with Crippen molar-refractivity contribution in [2.45, 2.75) is 13.0 Å². The minimum absolute atomic E-state index is 0.145. The highest BCUT2D eigenvalue weighted by Gasteiger charge is 2.12. The minimum Gasteiger partial charge on any atom is -0.484 e. The maximum Gasteiger partial charge on any atom is 0.252 e. The lowest BCUT2D eigenvalue weighted by molar-refractivity contribution is 0.218. The van der Waals surface area contributed by atoms with Crippen LogP contribution < -0.4 is 4.74 Å². The van der Waals surface area contributed by atoms with Gasteiger partial charge in [-0.3, -0.25) is 0 Å². The minimum atomic E-state index is -0.145. The SMILES string of the molecule is CC(Oc1ccc(Br)cc1)c1ccnc2ncnn12. The van der Waals surface area contributed by atoms with Crippen molar-refractivity contribution in [3.05, 3.63) is 53.0 Å².